The van der Waals surface area contributed by atoms with Gasteiger partial charge in [0.1, 0.15) is 17.3 Å². The Morgan fingerprint density at radius 1 is 1.37 bits per heavy atom. The van der Waals surface area contributed by atoms with Gasteiger partial charge in [0.25, 0.3) is 5.91 Å². The van der Waals surface area contributed by atoms with E-state index in [4.69, 9.17) is 9.15 Å². The second-order valence-electron chi connectivity index (χ2n) is 4.05. The molecule has 5 heteroatoms. The fourth-order valence-corrected chi connectivity index (χ4v) is 1.57. The molecule has 0 aliphatic rings. The molecule has 0 unspecified atom stereocenters. The van der Waals surface area contributed by atoms with Crippen LogP contribution in [-0.4, -0.2) is 12.5 Å². The van der Waals surface area contributed by atoms with Crippen LogP contribution in [0.25, 0.3) is 0 Å². The normalized spacial score (nSPS) is 11.9. The topological polar surface area (TPSA) is 51.5 Å². The Morgan fingerprint density at radius 3 is 2.74 bits per heavy atom. The summed E-state index contributed by atoms with van der Waals surface area (Å²) in [5, 5.41) is 2.73. The van der Waals surface area contributed by atoms with Crippen LogP contribution in [0.4, 0.5) is 4.39 Å². The second-order valence-corrected chi connectivity index (χ2v) is 4.05. The van der Waals surface area contributed by atoms with Crippen LogP contribution in [0.3, 0.4) is 0 Å². The Hall–Kier alpha value is -2.30. The summed E-state index contributed by atoms with van der Waals surface area (Å²) in [6.45, 7) is 1.69. The third-order valence-corrected chi connectivity index (χ3v) is 2.53. The summed E-state index contributed by atoms with van der Waals surface area (Å²) in [6, 6.07) is 8.81. The van der Waals surface area contributed by atoms with Gasteiger partial charge < -0.3 is 14.5 Å². The maximum absolute atomic E-state index is 12.7. The number of carbonyl (C=O) groups is 1. The molecule has 0 bridgehead atoms. The van der Waals surface area contributed by atoms with Gasteiger partial charge in [-0.2, -0.15) is 0 Å². The summed E-state index contributed by atoms with van der Waals surface area (Å²) < 4.78 is 23.1. The van der Waals surface area contributed by atoms with Gasteiger partial charge in [-0.15, -0.1) is 0 Å². The quantitative estimate of drug-likeness (QED) is 0.902. The first-order chi connectivity index (χ1) is 9.15. The summed E-state index contributed by atoms with van der Waals surface area (Å²) >= 11 is 0. The summed E-state index contributed by atoms with van der Waals surface area (Å²) in [6.07, 6.45) is 1.55. The van der Waals surface area contributed by atoms with Gasteiger partial charge in [-0.1, -0.05) is 0 Å². The van der Waals surface area contributed by atoms with Crippen LogP contribution in [0.2, 0.25) is 0 Å². The van der Waals surface area contributed by atoms with Gasteiger partial charge in [-0.3, -0.25) is 4.79 Å². The number of furan rings is 1. The highest BCUT2D eigenvalue weighted by molar-refractivity contribution is 5.77. The van der Waals surface area contributed by atoms with Crippen molar-refractivity contribution in [3.63, 3.8) is 0 Å². The first kappa shape index (κ1) is 13.1. The number of halogens is 1. The van der Waals surface area contributed by atoms with Gasteiger partial charge in [0.15, 0.2) is 6.61 Å². The Balaban J connectivity index is 1.80. The zero-order valence-corrected chi connectivity index (χ0v) is 10.4. The minimum atomic E-state index is -0.344. The van der Waals surface area contributed by atoms with Gasteiger partial charge >= 0.3 is 0 Å². The molecule has 1 aromatic heterocycles. The molecule has 2 aromatic rings. The average molecular weight is 263 g/mol. The maximum Gasteiger partial charge on any atom is 0.258 e. The van der Waals surface area contributed by atoms with Crippen LogP contribution in [0, 0.1) is 5.82 Å². The van der Waals surface area contributed by atoms with E-state index in [-0.39, 0.29) is 24.4 Å². The first-order valence-corrected chi connectivity index (χ1v) is 5.86. The molecule has 1 amide bonds. The van der Waals surface area contributed by atoms with Crippen molar-refractivity contribution in [1.82, 2.24) is 5.32 Å². The van der Waals surface area contributed by atoms with Gasteiger partial charge in [-0.25, -0.2) is 4.39 Å². The average Bonchev–Trinajstić information content (AvgIpc) is 2.92. The van der Waals surface area contributed by atoms with Crippen LogP contribution in [0.15, 0.2) is 47.1 Å². The van der Waals surface area contributed by atoms with Crippen molar-refractivity contribution in [3.8, 4) is 5.75 Å². The second kappa shape index (κ2) is 6.04. The standard InChI is InChI=1S/C14H14FNO3/c1-10(13-3-2-8-18-13)16-14(17)9-19-12-6-4-11(15)5-7-12/h2-8,10H,9H2,1H3,(H,16,17)/t10-/m1/s1. The molecule has 0 aliphatic heterocycles. The molecule has 0 saturated carbocycles. The third-order valence-electron chi connectivity index (χ3n) is 2.53. The van der Waals surface area contributed by atoms with Crippen LogP contribution in [0.5, 0.6) is 5.75 Å². The van der Waals surface area contributed by atoms with Gasteiger partial charge in [0.2, 0.25) is 0 Å². The van der Waals surface area contributed by atoms with E-state index in [1.807, 2.05) is 6.92 Å². The molecule has 100 valence electrons. The molecule has 0 aliphatic carbocycles. The predicted molar refractivity (Wildman–Crippen MR) is 67.2 cm³/mol. The van der Waals surface area contributed by atoms with Crippen molar-refractivity contribution >= 4 is 5.91 Å². The third kappa shape index (κ3) is 3.84. The molecular formula is C14H14FNO3. The lowest BCUT2D eigenvalue weighted by Gasteiger charge is -2.12. The highest BCUT2D eigenvalue weighted by Crippen LogP contribution is 2.13. The molecule has 1 aromatic carbocycles. The fraction of sp³-hybridized carbons (Fsp3) is 0.214. The van der Waals surface area contributed by atoms with Crippen LogP contribution < -0.4 is 10.1 Å². The lowest BCUT2D eigenvalue weighted by Crippen LogP contribution is -2.31. The zero-order chi connectivity index (χ0) is 13.7. The predicted octanol–water partition coefficient (Wildman–Crippen LogP) is 2.67. The first-order valence-electron chi connectivity index (χ1n) is 5.86. The van der Waals surface area contributed by atoms with E-state index in [9.17, 15) is 9.18 Å². The summed E-state index contributed by atoms with van der Waals surface area (Å²) in [5.74, 6) is 0.508. The fourth-order valence-electron chi connectivity index (χ4n) is 1.57. The molecule has 1 heterocycles. The van der Waals surface area contributed by atoms with E-state index in [0.717, 1.165) is 0 Å². The molecule has 19 heavy (non-hydrogen) atoms. The lowest BCUT2D eigenvalue weighted by atomic mass is 10.2. The minimum Gasteiger partial charge on any atom is -0.484 e. The Labute approximate surface area is 110 Å². The van der Waals surface area contributed by atoms with E-state index >= 15 is 0 Å². The highest BCUT2D eigenvalue weighted by Gasteiger charge is 2.12. The minimum absolute atomic E-state index is 0.128. The number of ether oxygens (including phenoxy) is 1. The largest absolute Gasteiger partial charge is 0.484 e. The van der Waals surface area contributed by atoms with E-state index < -0.39 is 0 Å². The van der Waals surface area contributed by atoms with Crippen molar-refractivity contribution in [2.24, 2.45) is 0 Å². The number of hydrogen-bond donors (Lipinski definition) is 1. The Morgan fingerprint density at radius 2 is 2.11 bits per heavy atom. The monoisotopic (exact) mass is 263 g/mol. The van der Waals surface area contributed by atoms with Crippen molar-refractivity contribution < 1.29 is 18.3 Å². The number of hydrogen-bond acceptors (Lipinski definition) is 3. The van der Waals surface area contributed by atoms with Crippen LogP contribution in [-0.2, 0) is 4.79 Å². The molecule has 0 saturated heterocycles. The van der Waals surface area contributed by atoms with Crippen molar-refractivity contribution in [2.75, 3.05) is 6.61 Å². The summed E-state index contributed by atoms with van der Waals surface area (Å²) in [7, 11) is 0. The van der Waals surface area contributed by atoms with Crippen molar-refractivity contribution in [3.05, 3.63) is 54.2 Å². The molecule has 0 spiro atoms. The lowest BCUT2D eigenvalue weighted by molar-refractivity contribution is -0.123. The van der Waals surface area contributed by atoms with Crippen molar-refractivity contribution in [2.45, 2.75) is 13.0 Å². The number of rotatable bonds is 5. The Kier molecular flexibility index (Phi) is 4.18. The molecule has 1 N–H and O–H groups in total. The Bertz CT molecular complexity index is 522. The number of amides is 1. The summed E-state index contributed by atoms with van der Waals surface area (Å²) in [4.78, 5) is 11.6. The number of nitrogens with one attached hydrogen (secondary N) is 1. The number of carbonyl (C=O) groups excluding carboxylic acids is 1. The maximum atomic E-state index is 12.7. The molecular weight excluding hydrogens is 249 g/mol. The van der Waals surface area contributed by atoms with Gasteiger partial charge in [0, 0.05) is 0 Å². The van der Waals surface area contributed by atoms with Gasteiger partial charge in [-0.05, 0) is 43.3 Å². The molecule has 4 nitrogen and oxygen atoms in total. The van der Waals surface area contributed by atoms with E-state index in [0.29, 0.717) is 11.5 Å². The smallest absolute Gasteiger partial charge is 0.258 e. The van der Waals surface area contributed by atoms with Crippen LogP contribution in [0.1, 0.15) is 18.7 Å². The summed E-state index contributed by atoms with van der Waals surface area (Å²) in [5.41, 5.74) is 0. The van der Waals surface area contributed by atoms with Gasteiger partial charge in [0.05, 0.1) is 12.3 Å². The molecule has 1 atom stereocenters. The van der Waals surface area contributed by atoms with Crippen molar-refractivity contribution in [1.29, 1.82) is 0 Å². The zero-order valence-electron chi connectivity index (χ0n) is 10.4. The molecule has 0 radical (unpaired) electrons. The van der Waals surface area contributed by atoms with Crippen LogP contribution >= 0.6 is 0 Å². The van der Waals surface area contributed by atoms with E-state index in [2.05, 4.69) is 5.32 Å². The molecule has 2 rings (SSSR count). The van der Waals surface area contributed by atoms with E-state index in [1.54, 1.807) is 18.4 Å². The van der Waals surface area contributed by atoms with E-state index in [1.165, 1.54) is 24.3 Å². The molecule has 0 fully saturated rings. The highest BCUT2D eigenvalue weighted by atomic mass is 19.1. The SMILES string of the molecule is C[C@@H](NC(=O)COc1ccc(F)cc1)c1ccco1. The number of benzene rings is 1.